The van der Waals surface area contributed by atoms with Crippen LogP contribution in [0.4, 0.5) is 0 Å². The maximum atomic E-state index is 10.5. The minimum atomic E-state index is -1.13. The Hall–Kier alpha value is -1.69. The van der Waals surface area contributed by atoms with Crippen molar-refractivity contribution in [2.24, 2.45) is 0 Å². The number of aromatic carboxylic acids is 1. The fourth-order valence-electron chi connectivity index (χ4n) is 0.750. The van der Waals surface area contributed by atoms with Crippen molar-refractivity contribution < 1.29 is 19.4 Å². The third-order valence-corrected chi connectivity index (χ3v) is 1.37. The molecule has 1 N–H and O–H groups in total. The van der Waals surface area contributed by atoms with Crippen molar-refractivity contribution in [3.63, 3.8) is 0 Å². The summed E-state index contributed by atoms with van der Waals surface area (Å²) in [5, 5.41) is 8.60. The Balaban J connectivity index is 2.59. The SMILES string of the molecule is COCCOc1cncc(C(=O)O)n1. The van der Waals surface area contributed by atoms with Crippen molar-refractivity contribution in [1.29, 1.82) is 0 Å². The number of rotatable bonds is 5. The first-order valence-electron chi connectivity index (χ1n) is 3.91. The monoisotopic (exact) mass is 198 g/mol. The van der Waals surface area contributed by atoms with Gasteiger partial charge in [-0.1, -0.05) is 0 Å². The second-order valence-electron chi connectivity index (χ2n) is 2.39. The molecule has 1 aromatic heterocycles. The van der Waals surface area contributed by atoms with E-state index in [-0.39, 0.29) is 11.6 Å². The fourth-order valence-corrected chi connectivity index (χ4v) is 0.750. The van der Waals surface area contributed by atoms with Crippen LogP contribution in [-0.2, 0) is 4.74 Å². The first-order chi connectivity index (χ1) is 6.74. The molecule has 0 bridgehead atoms. The molecule has 0 aliphatic carbocycles. The molecule has 0 radical (unpaired) electrons. The normalized spacial score (nSPS) is 9.79. The molecule has 14 heavy (non-hydrogen) atoms. The summed E-state index contributed by atoms with van der Waals surface area (Å²) in [5.74, 6) is -0.948. The Morgan fingerprint density at radius 3 is 2.93 bits per heavy atom. The van der Waals surface area contributed by atoms with E-state index in [1.165, 1.54) is 6.20 Å². The van der Waals surface area contributed by atoms with Crippen LogP contribution >= 0.6 is 0 Å². The van der Waals surface area contributed by atoms with Crippen LogP contribution < -0.4 is 4.74 Å². The lowest BCUT2D eigenvalue weighted by Gasteiger charge is -2.03. The van der Waals surface area contributed by atoms with Gasteiger partial charge in [0.1, 0.15) is 6.61 Å². The molecular weight excluding hydrogens is 188 g/mol. The maximum absolute atomic E-state index is 10.5. The summed E-state index contributed by atoms with van der Waals surface area (Å²) in [5.41, 5.74) is -0.139. The average molecular weight is 198 g/mol. The molecule has 0 saturated heterocycles. The highest BCUT2D eigenvalue weighted by Crippen LogP contribution is 2.04. The number of aromatic nitrogens is 2. The summed E-state index contributed by atoms with van der Waals surface area (Å²) in [7, 11) is 1.54. The van der Waals surface area contributed by atoms with E-state index < -0.39 is 5.97 Å². The summed E-state index contributed by atoms with van der Waals surface area (Å²) < 4.78 is 9.83. The van der Waals surface area contributed by atoms with Gasteiger partial charge >= 0.3 is 5.97 Å². The summed E-state index contributed by atoms with van der Waals surface area (Å²) in [4.78, 5) is 17.9. The molecule has 0 spiro atoms. The molecule has 0 aliphatic heterocycles. The molecule has 0 atom stereocenters. The van der Waals surface area contributed by atoms with Crippen LogP contribution in [0.25, 0.3) is 0 Å². The van der Waals surface area contributed by atoms with Gasteiger partial charge in [-0.25, -0.2) is 9.78 Å². The van der Waals surface area contributed by atoms with Crippen LogP contribution in [-0.4, -0.2) is 41.4 Å². The van der Waals surface area contributed by atoms with Crippen molar-refractivity contribution in [3.8, 4) is 5.88 Å². The third kappa shape index (κ3) is 2.98. The number of hydrogen-bond donors (Lipinski definition) is 1. The number of carboxylic acids is 1. The molecule has 76 valence electrons. The molecule has 0 unspecified atom stereocenters. The van der Waals surface area contributed by atoms with Gasteiger partial charge in [-0.05, 0) is 0 Å². The largest absolute Gasteiger partial charge is 0.476 e. The van der Waals surface area contributed by atoms with Gasteiger partial charge in [0, 0.05) is 7.11 Å². The first kappa shape index (κ1) is 10.4. The zero-order valence-corrected chi connectivity index (χ0v) is 7.64. The van der Waals surface area contributed by atoms with Crippen LogP contribution in [0.5, 0.6) is 5.88 Å². The van der Waals surface area contributed by atoms with Crippen LogP contribution in [0.1, 0.15) is 10.5 Å². The third-order valence-electron chi connectivity index (χ3n) is 1.37. The number of methoxy groups -OCH3 is 1. The highest BCUT2D eigenvalue weighted by molar-refractivity contribution is 5.84. The molecule has 1 aromatic rings. The topological polar surface area (TPSA) is 81.5 Å². The first-order valence-corrected chi connectivity index (χ1v) is 3.91. The van der Waals surface area contributed by atoms with E-state index in [9.17, 15) is 4.79 Å². The lowest BCUT2D eigenvalue weighted by molar-refractivity contribution is 0.0688. The van der Waals surface area contributed by atoms with Crippen molar-refractivity contribution >= 4 is 5.97 Å². The molecule has 0 aliphatic rings. The summed E-state index contributed by atoms with van der Waals surface area (Å²) >= 11 is 0. The van der Waals surface area contributed by atoms with E-state index in [0.717, 1.165) is 6.20 Å². The number of carbonyl (C=O) groups is 1. The van der Waals surface area contributed by atoms with Crippen molar-refractivity contribution in [3.05, 3.63) is 18.1 Å². The number of ether oxygens (including phenoxy) is 2. The van der Waals surface area contributed by atoms with E-state index in [1.54, 1.807) is 7.11 Å². The van der Waals surface area contributed by atoms with Crippen LogP contribution in [0.15, 0.2) is 12.4 Å². The number of carboxylic acid groups (broad SMARTS) is 1. The van der Waals surface area contributed by atoms with Gasteiger partial charge in [-0.15, -0.1) is 0 Å². The van der Waals surface area contributed by atoms with Gasteiger partial charge < -0.3 is 14.6 Å². The number of hydrogen-bond acceptors (Lipinski definition) is 5. The Bertz CT molecular complexity index is 316. The van der Waals surface area contributed by atoms with E-state index in [2.05, 4.69) is 9.97 Å². The zero-order chi connectivity index (χ0) is 10.4. The second kappa shape index (κ2) is 5.13. The van der Waals surface area contributed by atoms with Gasteiger partial charge in [-0.3, -0.25) is 4.98 Å². The Labute approximate surface area is 80.5 Å². The highest BCUT2D eigenvalue weighted by atomic mass is 16.5. The minimum Gasteiger partial charge on any atom is -0.476 e. The molecule has 6 nitrogen and oxygen atoms in total. The van der Waals surface area contributed by atoms with E-state index in [0.29, 0.717) is 13.2 Å². The maximum Gasteiger partial charge on any atom is 0.356 e. The van der Waals surface area contributed by atoms with Crippen molar-refractivity contribution in [2.75, 3.05) is 20.3 Å². The summed E-state index contributed by atoms with van der Waals surface area (Å²) in [6, 6.07) is 0. The second-order valence-corrected chi connectivity index (χ2v) is 2.39. The predicted molar refractivity (Wildman–Crippen MR) is 46.4 cm³/mol. The van der Waals surface area contributed by atoms with Gasteiger partial charge in [-0.2, -0.15) is 0 Å². The minimum absolute atomic E-state index is 0.139. The van der Waals surface area contributed by atoms with Gasteiger partial charge in [0.15, 0.2) is 5.69 Å². The van der Waals surface area contributed by atoms with Crippen LogP contribution in [0, 0.1) is 0 Å². The molecule has 1 rings (SSSR count). The summed E-state index contributed by atoms with van der Waals surface area (Å²) in [6.45, 7) is 0.729. The number of nitrogens with zero attached hydrogens (tertiary/aromatic N) is 2. The van der Waals surface area contributed by atoms with E-state index in [1.807, 2.05) is 0 Å². The average Bonchev–Trinajstić information content (AvgIpc) is 2.19. The standard InChI is InChI=1S/C8H10N2O4/c1-13-2-3-14-7-5-9-4-6(10-7)8(11)12/h4-5H,2-3H2,1H3,(H,11,12). The molecule has 0 saturated carbocycles. The molecule has 0 fully saturated rings. The lowest BCUT2D eigenvalue weighted by atomic mass is 10.5. The molecule has 6 heteroatoms. The quantitative estimate of drug-likeness (QED) is 0.680. The van der Waals surface area contributed by atoms with Crippen LogP contribution in [0.3, 0.4) is 0 Å². The van der Waals surface area contributed by atoms with E-state index >= 15 is 0 Å². The predicted octanol–water partition coefficient (Wildman–Crippen LogP) is 0.200. The molecule has 0 aromatic carbocycles. The fraction of sp³-hybridized carbons (Fsp3) is 0.375. The van der Waals surface area contributed by atoms with Crippen molar-refractivity contribution in [2.45, 2.75) is 0 Å². The summed E-state index contributed by atoms with van der Waals surface area (Å²) in [6.07, 6.45) is 2.51. The molecule has 0 amide bonds. The lowest BCUT2D eigenvalue weighted by Crippen LogP contribution is -2.08. The Morgan fingerprint density at radius 2 is 2.29 bits per heavy atom. The smallest absolute Gasteiger partial charge is 0.356 e. The van der Waals surface area contributed by atoms with Gasteiger partial charge in [0.2, 0.25) is 5.88 Å². The van der Waals surface area contributed by atoms with Gasteiger partial charge in [0.05, 0.1) is 19.0 Å². The molecule has 1 heterocycles. The zero-order valence-electron chi connectivity index (χ0n) is 7.64. The van der Waals surface area contributed by atoms with Crippen molar-refractivity contribution in [1.82, 2.24) is 9.97 Å². The Morgan fingerprint density at radius 1 is 1.50 bits per heavy atom. The van der Waals surface area contributed by atoms with E-state index in [4.69, 9.17) is 14.6 Å². The van der Waals surface area contributed by atoms with Crippen LogP contribution in [0.2, 0.25) is 0 Å². The molecular formula is C8H10N2O4. The Kier molecular flexibility index (Phi) is 3.81. The van der Waals surface area contributed by atoms with Gasteiger partial charge in [0.25, 0.3) is 0 Å². The highest BCUT2D eigenvalue weighted by Gasteiger charge is 2.06.